The van der Waals surface area contributed by atoms with Crippen molar-refractivity contribution >= 4 is 17.0 Å². The Morgan fingerprint density at radius 2 is 1.84 bits per heavy atom. The molecule has 1 aliphatic heterocycles. The lowest BCUT2D eigenvalue weighted by Gasteiger charge is -2.22. The van der Waals surface area contributed by atoms with Crippen molar-refractivity contribution in [3.8, 4) is 11.1 Å². The zero-order chi connectivity index (χ0) is 22.2. The van der Waals surface area contributed by atoms with Gasteiger partial charge in [0.15, 0.2) is 5.58 Å². The third-order valence-corrected chi connectivity index (χ3v) is 6.30. The number of aryl methyl sites for hydroxylation is 2. The number of aromatic nitrogens is 1. The van der Waals surface area contributed by atoms with E-state index in [4.69, 9.17) is 9.40 Å². The predicted octanol–water partition coefficient (Wildman–Crippen LogP) is 6.48. The molecule has 3 aromatic carbocycles. The summed E-state index contributed by atoms with van der Waals surface area (Å²) in [7, 11) is 0. The van der Waals surface area contributed by atoms with Gasteiger partial charge in [-0.3, -0.25) is 4.79 Å². The second-order valence-corrected chi connectivity index (χ2v) is 8.41. The zero-order valence-electron chi connectivity index (χ0n) is 18.3. The van der Waals surface area contributed by atoms with Crippen LogP contribution in [0, 0.1) is 12.7 Å². The molecule has 0 bridgehead atoms. The van der Waals surface area contributed by atoms with Crippen LogP contribution in [0.4, 0.5) is 4.39 Å². The summed E-state index contributed by atoms with van der Waals surface area (Å²) < 4.78 is 19.7. The summed E-state index contributed by atoms with van der Waals surface area (Å²) in [5.41, 5.74) is 5.83. The number of likely N-dealkylation sites (tertiary alicyclic amines) is 1. The Bertz CT molecular complexity index is 1290. The van der Waals surface area contributed by atoms with Crippen molar-refractivity contribution in [3.05, 3.63) is 89.1 Å². The molecule has 4 aromatic rings. The van der Waals surface area contributed by atoms with E-state index in [1.54, 1.807) is 13.0 Å². The van der Waals surface area contributed by atoms with E-state index in [2.05, 4.69) is 6.92 Å². The summed E-state index contributed by atoms with van der Waals surface area (Å²) in [6.45, 7) is 4.55. The summed E-state index contributed by atoms with van der Waals surface area (Å²) >= 11 is 0. The van der Waals surface area contributed by atoms with Gasteiger partial charge >= 0.3 is 0 Å². The van der Waals surface area contributed by atoms with E-state index < -0.39 is 0 Å². The van der Waals surface area contributed by atoms with Gasteiger partial charge in [0, 0.05) is 12.1 Å². The molecule has 162 valence electrons. The second-order valence-electron chi connectivity index (χ2n) is 8.41. The first kappa shape index (κ1) is 20.4. The third kappa shape index (κ3) is 3.68. The SMILES string of the molecule is CCc1ccc(C(=O)N2CCCC2c2nc3cc(-c4ccc(F)c(C)c4)ccc3o2)cc1. The lowest BCUT2D eigenvalue weighted by atomic mass is 10.0. The van der Waals surface area contributed by atoms with Crippen LogP contribution in [0.3, 0.4) is 0 Å². The van der Waals surface area contributed by atoms with Crippen molar-refractivity contribution in [3.63, 3.8) is 0 Å². The number of fused-ring (bicyclic) bond motifs is 1. The highest BCUT2D eigenvalue weighted by molar-refractivity contribution is 5.94. The summed E-state index contributed by atoms with van der Waals surface area (Å²) in [6, 6.07) is 18.5. The van der Waals surface area contributed by atoms with Gasteiger partial charge in [0.1, 0.15) is 17.4 Å². The van der Waals surface area contributed by atoms with Gasteiger partial charge in [0.25, 0.3) is 5.91 Å². The van der Waals surface area contributed by atoms with Gasteiger partial charge in [-0.2, -0.15) is 0 Å². The number of benzene rings is 3. The van der Waals surface area contributed by atoms with Gasteiger partial charge in [-0.1, -0.05) is 31.2 Å². The number of carbonyl (C=O) groups excluding carboxylic acids is 1. The first-order chi connectivity index (χ1) is 15.5. The molecule has 2 heterocycles. The normalized spacial score (nSPS) is 16.1. The Kier molecular flexibility index (Phi) is 5.25. The molecule has 1 saturated heterocycles. The fraction of sp³-hybridized carbons (Fsp3) is 0.259. The molecular weight excluding hydrogens is 403 g/mol. The standard InChI is InChI=1S/C27H25FN2O2/c1-3-18-6-8-19(9-7-18)27(31)30-14-4-5-24(30)26-29-23-16-21(11-13-25(23)32-26)20-10-12-22(28)17(2)15-20/h6-13,15-16,24H,3-5,14H2,1-2H3. The monoisotopic (exact) mass is 428 g/mol. The highest BCUT2D eigenvalue weighted by Crippen LogP contribution is 2.35. The number of hydrogen-bond donors (Lipinski definition) is 0. The fourth-order valence-corrected chi connectivity index (χ4v) is 4.41. The van der Waals surface area contributed by atoms with Crippen LogP contribution in [-0.4, -0.2) is 22.3 Å². The molecular formula is C27H25FN2O2. The van der Waals surface area contributed by atoms with Crippen LogP contribution in [0.2, 0.25) is 0 Å². The number of halogens is 1. The molecule has 0 aliphatic carbocycles. The van der Waals surface area contributed by atoms with Crippen LogP contribution >= 0.6 is 0 Å². The van der Waals surface area contributed by atoms with E-state index in [1.165, 1.54) is 11.6 Å². The molecule has 0 saturated carbocycles. The van der Waals surface area contributed by atoms with Crippen LogP contribution in [0.25, 0.3) is 22.2 Å². The van der Waals surface area contributed by atoms with E-state index in [9.17, 15) is 9.18 Å². The van der Waals surface area contributed by atoms with Gasteiger partial charge < -0.3 is 9.32 Å². The smallest absolute Gasteiger partial charge is 0.254 e. The Hall–Kier alpha value is -3.47. The molecule has 1 unspecified atom stereocenters. The maximum Gasteiger partial charge on any atom is 0.254 e. The van der Waals surface area contributed by atoms with Crippen molar-refractivity contribution < 1.29 is 13.6 Å². The Labute approximate surface area is 186 Å². The number of carbonyl (C=O) groups is 1. The number of rotatable bonds is 4. The molecule has 0 radical (unpaired) electrons. The van der Waals surface area contributed by atoms with E-state index in [0.29, 0.717) is 29.1 Å². The predicted molar refractivity (Wildman–Crippen MR) is 123 cm³/mol. The highest BCUT2D eigenvalue weighted by Gasteiger charge is 2.34. The minimum absolute atomic E-state index is 0.0138. The lowest BCUT2D eigenvalue weighted by molar-refractivity contribution is 0.0717. The molecule has 0 spiro atoms. The van der Waals surface area contributed by atoms with Gasteiger partial charge in [-0.05, 0) is 84.8 Å². The zero-order valence-corrected chi connectivity index (χ0v) is 18.3. The fourth-order valence-electron chi connectivity index (χ4n) is 4.41. The van der Waals surface area contributed by atoms with Crippen LogP contribution in [-0.2, 0) is 6.42 Å². The molecule has 4 nitrogen and oxygen atoms in total. The topological polar surface area (TPSA) is 46.3 Å². The van der Waals surface area contributed by atoms with Gasteiger partial charge in [0.2, 0.25) is 5.89 Å². The van der Waals surface area contributed by atoms with Crippen LogP contribution in [0.1, 0.15) is 53.2 Å². The number of oxazole rings is 1. The van der Waals surface area contributed by atoms with E-state index in [1.807, 2.05) is 53.4 Å². The average molecular weight is 429 g/mol. The van der Waals surface area contributed by atoms with Gasteiger partial charge in [-0.25, -0.2) is 9.37 Å². The molecule has 5 rings (SSSR count). The quantitative estimate of drug-likeness (QED) is 0.374. The van der Waals surface area contributed by atoms with Crippen molar-refractivity contribution in [1.82, 2.24) is 9.88 Å². The number of amides is 1. The Morgan fingerprint density at radius 1 is 1.09 bits per heavy atom. The summed E-state index contributed by atoms with van der Waals surface area (Å²) in [5.74, 6) is 0.372. The second kappa shape index (κ2) is 8.23. The maximum absolute atomic E-state index is 13.6. The first-order valence-corrected chi connectivity index (χ1v) is 11.1. The van der Waals surface area contributed by atoms with E-state index >= 15 is 0 Å². The maximum atomic E-state index is 13.6. The molecule has 1 aromatic heterocycles. The molecule has 32 heavy (non-hydrogen) atoms. The molecule has 5 heteroatoms. The summed E-state index contributed by atoms with van der Waals surface area (Å²) in [5, 5.41) is 0. The van der Waals surface area contributed by atoms with Crippen molar-refractivity contribution in [2.45, 2.75) is 39.2 Å². The Balaban J connectivity index is 1.44. The first-order valence-electron chi connectivity index (χ1n) is 11.1. The van der Waals surface area contributed by atoms with Gasteiger partial charge in [-0.15, -0.1) is 0 Å². The van der Waals surface area contributed by atoms with Crippen LogP contribution in [0.5, 0.6) is 0 Å². The molecule has 1 amide bonds. The lowest BCUT2D eigenvalue weighted by Crippen LogP contribution is -2.30. The van der Waals surface area contributed by atoms with Crippen molar-refractivity contribution in [2.24, 2.45) is 0 Å². The molecule has 1 aliphatic rings. The molecule has 1 atom stereocenters. The van der Waals surface area contributed by atoms with Crippen molar-refractivity contribution in [1.29, 1.82) is 0 Å². The molecule has 1 fully saturated rings. The van der Waals surface area contributed by atoms with Crippen LogP contribution < -0.4 is 0 Å². The average Bonchev–Trinajstić information content (AvgIpc) is 3.47. The highest BCUT2D eigenvalue weighted by atomic mass is 19.1. The number of nitrogens with zero attached hydrogens (tertiary/aromatic N) is 2. The van der Waals surface area contributed by atoms with Gasteiger partial charge in [0.05, 0.1) is 0 Å². The summed E-state index contributed by atoms with van der Waals surface area (Å²) in [6.07, 6.45) is 2.70. The Morgan fingerprint density at radius 3 is 2.59 bits per heavy atom. The minimum Gasteiger partial charge on any atom is -0.438 e. The molecule has 0 N–H and O–H groups in total. The van der Waals surface area contributed by atoms with E-state index in [0.717, 1.165) is 35.9 Å². The largest absolute Gasteiger partial charge is 0.438 e. The number of hydrogen-bond acceptors (Lipinski definition) is 3. The minimum atomic E-state index is -0.214. The van der Waals surface area contributed by atoms with Crippen molar-refractivity contribution in [2.75, 3.05) is 6.54 Å². The third-order valence-electron chi connectivity index (χ3n) is 6.30. The van der Waals surface area contributed by atoms with Crippen LogP contribution in [0.15, 0.2) is 65.1 Å². The van der Waals surface area contributed by atoms with E-state index in [-0.39, 0.29) is 17.8 Å². The summed E-state index contributed by atoms with van der Waals surface area (Å²) in [4.78, 5) is 19.8.